The van der Waals surface area contributed by atoms with Crippen LogP contribution >= 0.6 is 0 Å². The number of nitrogens with one attached hydrogen (secondary N) is 3. The van der Waals surface area contributed by atoms with E-state index in [1.165, 1.54) is 13.0 Å². The Kier molecular flexibility index (Phi) is 5.37. The summed E-state index contributed by atoms with van der Waals surface area (Å²) in [4.78, 5) is 21.8. The minimum atomic E-state index is -0.678. The number of rotatable bonds is 4. The van der Waals surface area contributed by atoms with Gasteiger partial charge in [-0.15, -0.1) is 0 Å². The SMILES string of the molecule is CC(=O)NNC(=O)CN[C@H](C)c1ccc(F)cc1F. The highest BCUT2D eigenvalue weighted by molar-refractivity contribution is 5.81. The number of carbonyl (C=O) groups is 2. The topological polar surface area (TPSA) is 70.2 Å². The average Bonchev–Trinajstić information content (AvgIpc) is 2.33. The van der Waals surface area contributed by atoms with Crippen LogP contribution in [0.1, 0.15) is 25.5 Å². The maximum Gasteiger partial charge on any atom is 0.252 e. The van der Waals surface area contributed by atoms with E-state index < -0.39 is 29.5 Å². The summed E-state index contributed by atoms with van der Waals surface area (Å²) in [5.41, 5.74) is 4.54. The van der Waals surface area contributed by atoms with Gasteiger partial charge in [-0.1, -0.05) is 6.07 Å². The maximum atomic E-state index is 13.4. The van der Waals surface area contributed by atoms with Gasteiger partial charge in [-0.05, 0) is 13.0 Å². The van der Waals surface area contributed by atoms with E-state index >= 15 is 0 Å². The molecule has 104 valence electrons. The third-order valence-electron chi connectivity index (χ3n) is 2.38. The highest BCUT2D eigenvalue weighted by atomic mass is 19.1. The molecule has 1 aromatic rings. The van der Waals surface area contributed by atoms with Crippen LogP contribution in [0, 0.1) is 11.6 Å². The zero-order chi connectivity index (χ0) is 14.4. The molecule has 0 spiro atoms. The fourth-order valence-corrected chi connectivity index (χ4v) is 1.41. The van der Waals surface area contributed by atoms with Crippen LogP contribution in [0.5, 0.6) is 0 Å². The van der Waals surface area contributed by atoms with Crippen LogP contribution in [0.3, 0.4) is 0 Å². The molecular formula is C12H15F2N3O2. The zero-order valence-electron chi connectivity index (χ0n) is 10.6. The Morgan fingerprint density at radius 2 is 1.95 bits per heavy atom. The van der Waals surface area contributed by atoms with Crippen molar-refractivity contribution < 1.29 is 18.4 Å². The second-order valence-electron chi connectivity index (χ2n) is 4.00. The Morgan fingerprint density at radius 1 is 1.26 bits per heavy atom. The first-order valence-electron chi connectivity index (χ1n) is 5.64. The van der Waals surface area contributed by atoms with Gasteiger partial charge >= 0.3 is 0 Å². The molecule has 7 heteroatoms. The summed E-state index contributed by atoms with van der Waals surface area (Å²) in [5, 5.41) is 2.76. The average molecular weight is 271 g/mol. The van der Waals surface area contributed by atoms with Gasteiger partial charge < -0.3 is 5.32 Å². The van der Waals surface area contributed by atoms with Gasteiger partial charge in [-0.2, -0.15) is 0 Å². The van der Waals surface area contributed by atoms with Gasteiger partial charge in [0.05, 0.1) is 6.54 Å². The third-order valence-corrected chi connectivity index (χ3v) is 2.38. The normalized spacial score (nSPS) is 11.8. The molecule has 0 bridgehead atoms. The van der Waals surface area contributed by atoms with Crippen LogP contribution in [0.2, 0.25) is 0 Å². The van der Waals surface area contributed by atoms with E-state index in [2.05, 4.69) is 16.2 Å². The molecule has 0 saturated carbocycles. The number of halogens is 2. The standard InChI is InChI=1S/C12H15F2N3O2/c1-7(10-4-3-9(13)5-11(10)14)15-6-12(19)17-16-8(2)18/h3-5,7,15H,6H2,1-2H3,(H,16,18)(H,17,19)/t7-/m1/s1. The summed E-state index contributed by atoms with van der Waals surface area (Å²) in [6, 6.07) is 2.77. The minimum Gasteiger partial charge on any atom is -0.302 e. The lowest BCUT2D eigenvalue weighted by Crippen LogP contribution is -2.44. The third kappa shape index (κ3) is 5.01. The van der Waals surface area contributed by atoms with E-state index in [4.69, 9.17) is 0 Å². The van der Waals surface area contributed by atoms with Crippen molar-refractivity contribution in [1.82, 2.24) is 16.2 Å². The predicted octanol–water partition coefficient (Wildman–Crippen LogP) is 0.783. The maximum absolute atomic E-state index is 13.4. The van der Waals surface area contributed by atoms with Gasteiger partial charge in [0.25, 0.3) is 5.91 Å². The molecule has 0 heterocycles. The van der Waals surface area contributed by atoms with E-state index in [9.17, 15) is 18.4 Å². The molecule has 0 aromatic heterocycles. The zero-order valence-corrected chi connectivity index (χ0v) is 10.6. The van der Waals surface area contributed by atoms with Crippen molar-refractivity contribution in [2.24, 2.45) is 0 Å². The number of amides is 2. The highest BCUT2D eigenvalue weighted by Gasteiger charge is 2.12. The van der Waals surface area contributed by atoms with Crippen LogP contribution in [0.25, 0.3) is 0 Å². The summed E-state index contributed by atoms with van der Waals surface area (Å²) >= 11 is 0. The number of hydrogen-bond acceptors (Lipinski definition) is 3. The number of benzene rings is 1. The lowest BCUT2D eigenvalue weighted by molar-refractivity contribution is -0.127. The summed E-state index contributed by atoms with van der Waals surface area (Å²) in [5.74, 6) is -2.20. The van der Waals surface area contributed by atoms with Gasteiger partial charge in [0.15, 0.2) is 0 Å². The molecule has 0 unspecified atom stereocenters. The van der Waals surface area contributed by atoms with E-state index in [0.29, 0.717) is 0 Å². The quantitative estimate of drug-likeness (QED) is 0.709. The monoisotopic (exact) mass is 271 g/mol. The molecule has 0 aliphatic heterocycles. The first kappa shape index (κ1) is 15.0. The van der Waals surface area contributed by atoms with E-state index in [-0.39, 0.29) is 12.1 Å². The van der Waals surface area contributed by atoms with Crippen molar-refractivity contribution >= 4 is 11.8 Å². The first-order valence-corrected chi connectivity index (χ1v) is 5.64. The number of hydrogen-bond donors (Lipinski definition) is 3. The summed E-state index contributed by atoms with van der Waals surface area (Å²) in [7, 11) is 0. The van der Waals surface area contributed by atoms with Crippen molar-refractivity contribution in [2.45, 2.75) is 19.9 Å². The molecule has 0 aliphatic rings. The molecule has 0 aliphatic carbocycles. The van der Waals surface area contributed by atoms with Crippen LogP contribution in [0.4, 0.5) is 8.78 Å². The molecule has 1 rings (SSSR count). The first-order chi connectivity index (χ1) is 8.90. The van der Waals surface area contributed by atoms with E-state index in [1.807, 2.05) is 0 Å². The molecule has 0 saturated heterocycles. The minimum absolute atomic E-state index is 0.113. The van der Waals surface area contributed by atoms with Gasteiger partial charge in [-0.25, -0.2) is 8.78 Å². The molecule has 5 nitrogen and oxygen atoms in total. The van der Waals surface area contributed by atoms with Crippen molar-refractivity contribution in [2.75, 3.05) is 6.54 Å². The lowest BCUT2D eigenvalue weighted by Gasteiger charge is -2.15. The number of carbonyl (C=O) groups excluding carboxylic acids is 2. The van der Waals surface area contributed by atoms with Crippen molar-refractivity contribution in [3.05, 3.63) is 35.4 Å². The Balaban J connectivity index is 2.48. The number of hydrazine groups is 1. The Morgan fingerprint density at radius 3 is 2.53 bits per heavy atom. The van der Waals surface area contributed by atoms with Gasteiger partial charge in [0, 0.05) is 24.6 Å². The van der Waals surface area contributed by atoms with Crippen LogP contribution in [-0.2, 0) is 9.59 Å². The van der Waals surface area contributed by atoms with Gasteiger partial charge in [0.1, 0.15) is 11.6 Å². The van der Waals surface area contributed by atoms with Crippen LogP contribution in [-0.4, -0.2) is 18.4 Å². The summed E-state index contributed by atoms with van der Waals surface area (Å²) in [6.07, 6.45) is 0. The van der Waals surface area contributed by atoms with Gasteiger partial charge in [0.2, 0.25) is 5.91 Å². The Labute approximate surface area is 109 Å². The van der Waals surface area contributed by atoms with Crippen molar-refractivity contribution in [3.8, 4) is 0 Å². The summed E-state index contributed by atoms with van der Waals surface area (Å²) in [6.45, 7) is 2.78. The molecule has 1 aromatic carbocycles. The molecule has 0 fully saturated rings. The molecule has 3 N–H and O–H groups in total. The second kappa shape index (κ2) is 6.79. The van der Waals surface area contributed by atoms with Crippen molar-refractivity contribution in [1.29, 1.82) is 0 Å². The van der Waals surface area contributed by atoms with Crippen LogP contribution < -0.4 is 16.2 Å². The second-order valence-corrected chi connectivity index (χ2v) is 4.00. The smallest absolute Gasteiger partial charge is 0.252 e. The molecule has 0 radical (unpaired) electrons. The lowest BCUT2D eigenvalue weighted by atomic mass is 10.1. The van der Waals surface area contributed by atoms with E-state index in [1.54, 1.807) is 6.92 Å². The molecule has 1 atom stereocenters. The predicted molar refractivity (Wildman–Crippen MR) is 64.7 cm³/mol. The van der Waals surface area contributed by atoms with Gasteiger partial charge in [-0.3, -0.25) is 20.4 Å². The fourth-order valence-electron chi connectivity index (χ4n) is 1.41. The Hall–Kier alpha value is -2.02. The fraction of sp³-hybridized carbons (Fsp3) is 0.333. The Bertz CT molecular complexity index is 480. The highest BCUT2D eigenvalue weighted by Crippen LogP contribution is 2.17. The largest absolute Gasteiger partial charge is 0.302 e. The van der Waals surface area contributed by atoms with Crippen LogP contribution in [0.15, 0.2) is 18.2 Å². The summed E-state index contributed by atoms with van der Waals surface area (Å²) < 4.78 is 26.2. The van der Waals surface area contributed by atoms with Crippen molar-refractivity contribution in [3.63, 3.8) is 0 Å². The molecule has 19 heavy (non-hydrogen) atoms. The molecular weight excluding hydrogens is 256 g/mol. The van der Waals surface area contributed by atoms with E-state index in [0.717, 1.165) is 12.1 Å². The molecule has 2 amide bonds.